The average molecular weight is 572 g/mol. The summed E-state index contributed by atoms with van der Waals surface area (Å²) in [6.45, 7) is 4.44. The maximum absolute atomic E-state index is 14.0. The fourth-order valence-corrected chi connectivity index (χ4v) is 5.62. The number of fused-ring (bicyclic) bond motifs is 1. The van der Waals surface area contributed by atoms with E-state index in [1.54, 1.807) is 46.0 Å². The van der Waals surface area contributed by atoms with Gasteiger partial charge in [0, 0.05) is 63.4 Å². The van der Waals surface area contributed by atoms with E-state index >= 15 is 0 Å². The third kappa shape index (κ3) is 5.23. The zero-order chi connectivity index (χ0) is 29.9. The molecule has 41 heavy (non-hydrogen) atoms. The third-order valence-corrected chi connectivity index (χ3v) is 7.77. The number of carboxylic acid groups (broad SMARTS) is 1. The van der Waals surface area contributed by atoms with Gasteiger partial charge in [0.05, 0.1) is 16.5 Å². The van der Waals surface area contributed by atoms with Gasteiger partial charge in [0.25, 0.3) is 11.5 Å². The SMILES string of the molecule is CC(=O)N1CC2(C1)CN(C(=O)c1ccc(N(C)Cc3cc4c(=O)n(CC(=O)O)c(C)nc4cc3C(F)(F)F)cc1)C2. The summed E-state index contributed by atoms with van der Waals surface area (Å²) in [5.41, 5.74) is -1.06. The van der Waals surface area contributed by atoms with Gasteiger partial charge in [0.15, 0.2) is 0 Å². The van der Waals surface area contributed by atoms with Gasteiger partial charge in [-0.25, -0.2) is 4.98 Å². The molecule has 0 radical (unpaired) electrons. The lowest BCUT2D eigenvalue weighted by atomic mass is 9.72. The van der Waals surface area contributed by atoms with Crippen LogP contribution in [-0.4, -0.2) is 75.5 Å². The minimum absolute atomic E-state index is 0.00311. The molecule has 5 rings (SSSR count). The molecule has 1 spiro atoms. The summed E-state index contributed by atoms with van der Waals surface area (Å²) in [6.07, 6.45) is -4.72. The monoisotopic (exact) mass is 571 g/mol. The van der Waals surface area contributed by atoms with Crippen LogP contribution >= 0.6 is 0 Å². The number of likely N-dealkylation sites (tertiary alicyclic amines) is 2. The average Bonchev–Trinajstić information content (AvgIpc) is 2.84. The van der Waals surface area contributed by atoms with Gasteiger partial charge in [0.2, 0.25) is 5.91 Å². The number of anilines is 1. The molecule has 2 aromatic carbocycles. The van der Waals surface area contributed by atoms with E-state index in [9.17, 15) is 32.3 Å². The number of nitrogens with zero attached hydrogens (tertiary/aromatic N) is 5. The van der Waals surface area contributed by atoms with Crippen LogP contribution in [0.2, 0.25) is 0 Å². The van der Waals surface area contributed by atoms with Crippen LogP contribution in [0.5, 0.6) is 0 Å². The summed E-state index contributed by atoms with van der Waals surface area (Å²) in [4.78, 5) is 57.6. The van der Waals surface area contributed by atoms with E-state index in [1.165, 1.54) is 13.8 Å². The molecule has 1 aromatic heterocycles. The Balaban J connectivity index is 1.35. The number of benzene rings is 2. The van der Waals surface area contributed by atoms with Crippen LogP contribution < -0.4 is 10.5 Å². The Bertz CT molecular complexity index is 1620. The van der Waals surface area contributed by atoms with Crippen molar-refractivity contribution in [3.63, 3.8) is 0 Å². The minimum atomic E-state index is -4.72. The Hall–Kier alpha value is -4.42. The van der Waals surface area contributed by atoms with Gasteiger partial charge in [-0.3, -0.25) is 23.7 Å². The fourth-order valence-electron chi connectivity index (χ4n) is 5.62. The number of carbonyl (C=O) groups is 3. The summed E-state index contributed by atoms with van der Waals surface area (Å²) < 4.78 is 43.0. The second-order valence-corrected chi connectivity index (χ2v) is 10.9. The van der Waals surface area contributed by atoms with Gasteiger partial charge in [-0.2, -0.15) is 13.2 Å². The fraction of sp³-hybridized carbons (Fsp3) is 0.393. The van der Waals surface area contributed by atoms with Crippen molar-refractivity contribution in [3.05, 3.63) is 69.3 Å². The van der Waals surface area contributed by atoms with Crippen LogP contribution in [0.1, 0.15) is 34.2 Å². The topological polar surface area (TPSA) is 116 Å². The maximum Gasteiger partial charge on any atom is 0.416 e. The highest BCUT2D eigenvalue weighted by atomic mass is 19.4. The van der Waals surface area contributed by atoms with Crippen molar-refractivity contribution < 1.29 is 32.7 Å². The van der Waals surface area contributed by atoms with E-state index in [0.717, 1.165) is 16.7 Å². The number of aromatic nitrogens is 2. The molecule has 2 saturated heterocycles. The Kier molecular flexibility index (Phi) is 6.79. The van der Waals surface area contributed by atoms with Crippen molar-refractivity contribution in [3.8, 4) is 0 Å². The Morgan fingerprint density at radius 1 is 1.05 bits per heavy atom. The second-order valence-electron chi connectivity index (χ2n) is 10.9. The smallest absolute Gasteiger partial charge is 0.416 e. The molecule has 0 unspecified atom stereocenters. The van der Waals surface area contributed by atoms with Crippen LogP contribution in [0, 0.1) is 12.3 Å². The highest BCUT2D eigenvalue weighted by Gasteiger charge is 2.53. The molecular weight excluding hydrogens is 543 g/mol. The lowest BCUT2D eigenvalue weighted by Crippen LogP contribution is -2.73. The van der Waals surface area contributed by atoms with Gasteiger partial charge in [-0.05, 0) is 48.9 Å². The highest BCUT2D eigenvalue weighted by molar-refractivity contribution is 5.95. The lowest BCUT2D eigenvalue weighted by molar-refractivity contribution is -0.152. The number of amides is 2. The minimum Gasteiger partial charge on any atom is -0.480 e. The van der Waals surface area contributed by atoms with Crippen LogP contribution in [0.15, 0.2) is 41.2 Å². The number of hydrogen-bond acceptors (Lipinski definition) is 6. The number of alkyl halides is 3. The molecule has 0 aliphatic carbocycles. The number of halogens is 3. The summed E-state index contributed by atoms with van der Waals surface area (Å²) in [5.74, 6) is -1.41. The number of carboxylic acids is 1. The van der Waals surface area contributed by atoms with Crippen molar-refractivity contribution in [2.45, 2.75) is 33.1 Å². The van der Waals surface area contributed by atoms with Crippen molar-refractivity contribution in [1.82, 2.24) is 19.4 Å². The highest BCUT2D eigenvalue weighted by Crippen LogP contribution is 2.40. The first-order valence-electron chi connectivity index (χ1n) is 12.9. The molecule has 2 fully saturated rings. The molecule has 216 valence electrons. The summed E-state index contributed by atoms with van der Waals surface area (Å²) >= 11 is 0. The largest absolute Gasteiger partial charge is 0.480 e. The summed E-state index contributed by atoms with van der Waals surface area (Å²) in [5, 5.41) is 9.01. The van der Waals surface area contributed by atoms with Crippen molar-refractivity contribution in [1.29, 1.82) is 0 Å². The van der Waals surface area contributed by atoms with Gasteiger partial charge in [-0.15, -0.1) is 0 Å². The molecule has 2 aliphatic rings. The number of carbonyl (C=O) groups excluding carboxylic acids is 2. The molecule has 2 aliphatic heterocycles. The molecule has 10 nitrogen and oxygen atoms in total. The Morgan fingerprint density at radius 2 is 1.66 bits per heavy atom. The normalized spacial score (nSPS) is 16.0. The van der Waals surface area contributed by atoms with E-state index in [2.05, 4.69) is 4.98 Å². The van der Waals surface area contributed by atoms with Crippen molar-refractivity contribution in [2.75, 3.05) is 38.1 Å². The predicted octanol–water partition coefficient (Wildman–Crippen LogP) is 2.75. The first-order chi connectivity index (χ1) is 19.2. The molecule has 3 heterocycles. The molecule has 2 amide bonds. The molecule has 3 aromatic rings. The van der Waals surface area contributed by atoms with E-state index in [-0.39, 0.29) is 46.1 Å². The van der Waals surface area contributed by atoms with Gasteiger partial charge < -0.3 is 19.8 Å². The first kappa shape index (κ1) is 28.1. The summed E-state index contributed by atoms with van der Waals surface area (Å²) in [7, 11) is 1.59. The number of aliphatic carboxylic acids is 1. The van der Waals surface area contributed by atoms with E-state index in [1.807, 2.05) is 0 Å². The maximum atomic E-state index is 14.0. The van der Waals surface area contributed by atoms with Crippen LogP contribution in [-0.2, 0) is 28.9 Å². The number of aryl methyl sites for hydroxylation is 1. The standard InChI is InChI=1S/C28H28F3N5O5/c1-16-32-23-9-22(28(29,30)31)19(8-21(23)26(41)36(16)11-24(38)39)10-33(3)20-6-4-18(5-7-20)25(40)35-14-27(15-35)12-34(13-27)17(2)37/h4-9H,10-15H2,1-3H3,(H,38,39). The Labute approximate surface area is 232 Å². The molecular formula is C28H28F3N5O5. The van der Waals surface area contributed by atoms with E-state index in [0.29, 0.717) is 37.4 Å². The molecule has 0 bridgehead atoms. The van der Waals surface area contributed by atoms with E-state index < -0.39 is 29.8 Å². The molecule has 1 N–H and O–H groups in total. The third-order valence-electron chi connectivity index (χ3n) is 7.77. The first-order valence-corrected chi connectivity index (χ1v) is 12.9. The van der Waals surface area contributed by atoms with Gasteiger partial charge in [-0.1, -0.05) is 0 Å². The second kappa shape index (κ2) is 9.89. The van der Waals surface area contributed by atoms with Crippen molar-refractivity contribution in [2.24, 2.45) is 5.41 Å². The predicted molar refractivity (Wildman–Crippen MR) is 143 cm³/mol. The Morgan fingerprint density at radius 3 is 2.22 bits per heavy atom. The zero-order valence-corrected chi connectivity index (χ0v) is 22.7. The van der Waals surface area contributed by atoms with E-state index in [4.69, 9.17) is 5.11 Å². The lowest BCUT2D eigenvalue weighted by Gasteiger charge is -2.60. The van der Waals surface area contributed by atoms with Crippen LogP contribution in [0.4, 0.5) is 18.9 Å². The van der Waals surface area contributed by atoms with Crippen LogP contribution in [0.25, 0.3) is 10.9 Å². The quantitative estimate of drug-likeness (QED) is 0.484. The van der Waals surface area contributed by atoms with Gasteiger partial charge >= 0.3 is 12.1 Å². The molecule has 0 saturated carbocycles. The molecule has 13 heteroatoms. The molecule has 0 atom stereocenters. The van der Waals surface area contributed by atoms with Crippen LogP contribution in [0.3, 0.4) is 0 Å². The van der Waals surface area contributed by atoms with Crippen molar-refractivity contribution >= 4 is 34.4 Å². The van der Waals surface area contributed by atoms with Gasteiger partial charge in [0.1, 0.15) is 12.4 Å². The zero-order valence-electron chi connectivity index (χ0n) is 22.7. The number of rotatable bonds is 6. The summed E-state index contributed by atoms with van der Waals surface area (Å²) in [6, 6.07) is 8.45. The number of hydrogen-bond donors (Lipinski definition) is 1.